The molecule has 0 saturated carbocycles. The lowest BCUT2D eigenvalue weighted by Crippen LogP contribution is -2.04. The Bertz CT molecular complexity index is 499. The van der Waals surface area contributed by atoms with E-state index in [9.17, 15) is 4.39 Å². The smallest absolute Gasteiger partial charge is 0.147 e. The molecule has 0 aliphatic heterocycles. The van der Waals surface area contributed by atoms with E-state index in [0.717, 1.165) is 19.4 Å². The number of halogens is 2. The van der Waals surface area contributed by atoms with Crippen LogP contribution < -0.4 is 5.32 Å². The maximum atomic E-state index is 13.5. The number of anilines is 1. The molecule has 0 radical (unpaired) electrons. The van der Waals surface area contributed by atoms with Gasteiger partial charge in [0.15, 0.2) is 0 Å². The molecule has 2 rings (SSSR count). The van der Waals surface area contributed by atoms with Gasteiger partial charge in [0.05, 0.1) is 5.69 Å². The van der Waals surface area contributed by atoms with Crippen molar-refractivity contribution < 1.29 is 4.39 Å². The number of hydrogen-bond acceptors (Lipinski definition) is 1. The molecule has 2 aromatic rings. The highest BCUT2D eigenvalue weighted by molar-refractivity contribution is 6.30. The van der Waals surface area contributed by atoms with Crippen LogP contribution in [-0.4, -0.2) is 6.54 Å². The molecule has 1 N–H and O–H groups in total. The second-order valence-electron chi connectivity index (χ2n) is 4.14. The first-order valence-electron chi connectivity index (χ1n) is 5.98. The van der Waals surface area contributed by atoms with Crippen LogP contribution in [0.5, 0.6) is 0 Å². The van der Waals surface area contributed by atoms with Gasteiger partial charge >= 0.3 is 0 Å². The third-order valence-corrected chi connectivity index (χ3v) is 2.97. The second-order valence-corrected chi connectivity index (χ2v) is 4.58. The molecule has 0 spiro atoms. The molecule has 0 aliphatic rings. The summed E-state index contributed by atoms with van der Waals surface area (Å²) in [4.78, 5) is 0. The van der Waals surface area contributed by atoms with Gasteiger partial charge in [0.25, 0.3) is 0 Å². The van der Waals surface area contributed by atoms with Crippen molar-refractivity contribution in [1.82, 2.24) is 0 Å². The summed E-state index contributed by atoms with van der Waals surface area (Å²) in [5.41, 5.74) is 1.81. The zero-order valence-electron chi connectivity index (χ0n) is 10.00. The average Bonchev–Trinajstić information content (AvgIpc) is 2.38. The van der Waals surface area contributed by atoms with Crippen molar-refractivity contribution in [2.45, 2.75) is 12.8 Å². The van der Waals surface area contributed by atoms with Gasteiger partial charge in [-0.05, 0) is 36.6 Å². The SMILES string of the molecule is Fc1cc(Cl)ccc1NCCCc1ccccc1. The van der Waals surface area contributed by atoms with Crippen LogP contribution in [0.3, 0.4) is 0 Å². The van der Waals surface area contributed by atoms with Gasteiger partial charge in [-0.3, -0.25) is 0 Å². The average molecular weight is 264 g/mol. The third kappa shape index (κ3) is 3.74. The molecule has 2 aromatic carbocycles. The molecule has 0 aromatic heterocycles. The largest absolute Gasteiger partial charge is 0.383 e. The molecular formula is C15H15ClFN. The van der Waals surface area contributed by atoms with E-state index < -0.39 is 0 Å². The number of hydrogen-bond donors (Lipinski definition) is 1. The minimum atomic E-state index is -0.304. The predicted octanol–water partition coefficient (Wildman–Crippen LogP) is 4.52. The van der Waals surface area contributed by atoms with Gasteiger partial charge in [0.2, 0.25) is 0 Å². The summed E-state index contributed by atoms with van der Waals surface area (Å²) >= 11 is 5.69. The summed E-state index contributed by atoms with van der Waals surface area (Å²) in [6, 6.07) is 14.9. The summed E-state index contributed by atoms with van der Waals surface area (Å²) < 4.78 is 13.5. The molecule has 0 bridgehead atoms. The predicted molar refractivity (Wildman–Crippen MR) is 74.7 cm³/mol. The van der Waals surface area contributed by atoms with E-state index in [1.54, 1.807) is 12.1 Å². The Morgan fingerprint density at radius 1 is 1.06 bits per heavy atom. The summed E-state index contributed by atoms with van der Waals surface area (Å²) in [5.74, 6) is -0.304. The fourth-order valence-corrected chi connectivity index (χ4v) is 1.95. The second kappa shape index (κ2) is 6.41. The van der Waals surface area contributed by atoms with Crippen LogP contribution in [0.15, 0.2) is 48.5 Å². The number of benzene rings is 2. The molecule has 0 saturated heterocycles. The highest BCUT2D eigenvalue weighted by Gasteiger charge is 2.01. The maximum absolute atomic E-state index is 13.5. The molecule has 18 heavy (non-hydrogen) atoms. The summed E-state index contributed by atoms with van der Waals surface area (Å²) in [5, 5.41) is 3.50. The molecule has 3 heteroatoms. The minimum absolute atomic E-state index is 0.304. The topological polar surface area (TPSA) is 12.0 Å². The van der Waals surface area contributed by atoms with Gasteiger partial charge in [-0.15, -0.1) is 0 Å². The zero-order chi connectivity index (χ0) is 12.8. The van der Waals surface area contributed by atoms with Gasteiger partial charge in [-0.25, -0.2) is 4.39 Å². The van der Waals surface area contributed by atoms with Crippen LogP contribution in [0, 0.1) is 5.82 Å². The molecule has 0 heterocycles. The highest BCUT2D eigenvalue weighted by atomic mass is 35.5. The number of rotatable bonds is 5. The first-order chi connectivity index (χ1) is 8.75. The van der Waals surface area contributed by atoms with Crippen molar-refractivity contribution in [3.8, 4) is 0 Å². The van der Waals surface area contributed by atoms with E-state index in [-0.39, 0.29) is 5.82 Å². The Labute approximate surface area is 112 Å². The van der Waals surface area contributed by atoms with Crippen molar-refractivity contribution in [1.29, 1.82) is 0 Å². The normalized spacial score (nSPS) is 10.3. The molecule has 0 aliphatic carbocycles. The van der Waals surface area contributed by atoms with E-state index in [2.05, 4.69) is 17.4 Å². The van der Waals surface area contributed by atoms with Gasteiger partial charge < -0.3 is 5.32 Å². The molecule has 94 valence electrons. The van der Waals surface area contributed by atoms with Gasteiger partial charge in [-0.1, -0.05) is 41.9 Å². The Morgan fingerprint density at radius 3 is 2.56 bits per heavy atom. The van der Waals surface area contributed by atoms with Crippen molar-refractivity contribution in [2.24, 2.45) is 0 Å². The Kier molecular flexibility index (Phi) is 4.59. The Balaban J connectivity index is 1.79. The molecule has 0 amide bonds. The Morgan fingerprint density at radius 2 is 1.83 bits per heavy atom. The maximum Gasteiger partial charge on any atom is 0.147 e. The van der Waals surface area contributed by atoms with Crippen LogP contribution in [0.2, 0.25) is 5.02 Å². The van der Waals surface area contributed by atoms with Crippen LogP contribution >= 0.6 is 11.6 Å². The van der Waals surface area contributed by atoms with E-state index >= 15 is 0 Å². The van der Waals surface area contributed by atoms with Crippen LogP contribution in [0.4, 0.5) is 10.1 Å². The lowest BCUT2D eigenvalue weighted by Gasteiger charge is -2.07. The van der Waals surface area contributed by atoms with Gasteiger partial charge in [0.1, 0.15) is 5.82 Å². The molecule has 1 nitrogen and oxygen atoms in total. The summed E-state index contributed by atoms with van der Waals surface area (Å²) in [6.45, 7) is 0.743. The van der Waals surface area contributed by atoms with Crippen LogP contribution in [0.1, 0.15) is 12.0 Å². The molecule has 0 atom stereocenters. The monoisotopic (exact) mass is 263 g/mol. The number of aryl methyl sites for hydroxylation is 1. The quantitative estimate of drug-likeness (QED) is 0.782. The van der Waals surface area contributed by atoms with Crippen molar-refractivity contribution >= 4 is 17.3 Å². The van der Waals surface area contributed by atoms with Gasteiger partial charge in [-0.2, -0.15) is 0 Å². The third-order valence-electron chi connectivity index (χ3n) is 2.73. The first-order valence-corrected chi connectivity index (χ1v) is 6.36. The van der Waals surface area contributed by atoms with Gasteiger partial charge in [0, 0.05) is 11.6 Å². The highest BCUT2D eigenvalue weighted by Crippen LogP contribution is 2.18. The van der Waals surface area contributed by atoms with Crippen molar-refractivity contribution in [2.75, 3.05) is 11.9 Å². The van der Waals surface area contributed by atoms with E-state index in [0.29, 0.717) is 10.7 Å². The van der Waals surface area contributed by atoms with E-state index in [4.69, 9.17) is 11.6 Å². The Hall–Kier alpha value is -1.54. The molecule has 0 fully saturated rings. The standard InChI is InChI=1S/C15H15ClFN/c16-13-8-9-15(14(17)11-13)18-10-4-7-12-5-2-1-3-6-12/h1-3,5-6,8-9,11,18H,4,7,10H2. The van der Waals surface area contributed by atoms with E-state index in [1.807, 2.05) is 18.2 Å². The lowest BCUT2D eigenvalue weighted by molar-refractivity contribution is 0.629. The van der Waals surface area contributed by atoms with Crippen molar-refractivity contribution in [3.05, 3.63) is 64.9 Å². The number of nitrogens with one attached hydrogen (secondary N) is 1. The fourth-order valence-electron chi connectivity index (χ4n) is 1.79. The summed E-state index contributed by atoms with van der Waals surface area (Å²) in [7, 11) is 0. The first kappa shape index (κ1) is 12.9. The lowest BCUT2D eigenvalue weighted by atomic mass is 10.1. The molecule has 0 unspecified atom stereocenters. The summed E-state index contributed by atoms with van der Waals surface area (Å²) in [6.07, 6.45) is 1.95. The van der Waals surface area contributed by atoms with Crippen LogP contribution in [0.25, 0.3) is 0 Å². The fraction of sp³-hybridized carbons (Fsp3) is 0.200. The van der Waals surface area contributed by atoms with E-state index in [1.165, 1.54) is 11.6 Å². The molecular weight excluding hydrogens is 249 g/mol. The van der Waals surface area contributed by atoms with Crippen LogP contribution in [-0.2, 0) is 6.42 Å². The minimum Gasteiger partial charge on any atom is -0.383 e. The zero-order valence-corrected chi connectivity index (χ0v) is 10.8. The van der Waals surface area contributed by atoms with Crippen molar-refractivity contribution in [3.63, 3.8) is 0 Å².